The molecule has 1 aromatic carbocycles. The van der Waals surface area contributed by atoms with E-state index in [1.54, 1.807) is 0 Å². The summed E-state index contributed by atoms with van der Waals surface area (Å²) < 4.78 is 1.17. The average molecular weight is 339 g/mol. The molecule has 0 atom stereocenters. The lowest BCUT2D eigenvalue weighted by Crippen LogP contribution is -2.36. The van der Waals surface area contributed by atoms with E-state index in [1.165, 1.54) is 35.0 Å². The molecule has 1 saturated carbocycles. The van der Waals surface area contributed by atoms with Crippen LogP contribution in [0.15, 0.2) is 22.7 Å². The van der Waals surface area contributed by atoms with Gasteiger partial charge in [-0.1, -0.05) is 28.9 Å². The second-order valence-corrected chi connectivity index (χ2v) is 7.72. The summed E-state index contributed by atoms with van der Waals surface area (Å²) in [5.41, 5.74) is 2.96. The molecule has 0 radical (unpaired) electrons. The summed E-state index contributed by atoms with van der Waals surface area (Å²) in [4.78, 5) is 2.60. The number of nitrogens with one attached hydrogen (secondary N) is 1. The number of rotatable bonds is 6. The summed E-state index contributed by atoms with van der Waals surface area (Å²) >= 11 is 3.63. The third kappa shape index (κ3) is 4.49. The lowest BCUT2D eigenvalue weighted by atomic mass is 10.1. The largest absolute Gasteiger partial charge is 0.368 e. The van der Waals surface area contributed by atoms with Crippen LogP contribution in [0, 0.1) is 0 Å². The highest BCUT2D eigenvalue weighted by Crippen LogP contribution is 2.35. The molecule has 20 heavy (non-hydrogen) atoms. The maximum Gasteiger partial charge on any atom is 0.0425 e. The Bertz CT molecular complexity index is 447. The minimum Gasteiger partial charge on any atom is -0.368 e. The van der Waals surface area contributed by atoms with Crippen molar-refractivity contribution in [3.05, 3.63) is 28.2 Å². The molecule has 3 heteroatoms. The van der Waals surface area contributed by atoms with E-state index in [4.69, 9.17) is 0 Å². The number of hydrogen-bond donors (Lipinski definition) is 1. The predicted molar refractivity (Wildman–Crippen MR) is 91.4 cm³/mol. The van der Waals surface area contributed by atoms with Crippen LogP contribution < -0.4 is 10.2 Å². The predicted octanol–water partition coefficient (Wildman–Crippen LogP) is 4.72. The molecule has 112 valence electrons. The second kappa shape index (κ2) is 6.48. The van der Waals surface area contributed by atoms with E-state index in [1.807, 2.05) is 0 Å². The van der Waals surface area contributed by atoms with Crippen molar-refractivity contribution < 1.29 is 0 Å². The van der Waals surface area contributed by atoms with Crippen molar-refractivity contribution in [1.29, 1.82) is 0 Å². The van der Waals surface area contributed by atoms with Crippen LogP contribution in [-0.4, -0.2) is 18.1 Å². The van der Waals surface area contributed by atoms with Crippen LogP contribution in [0.3, 0.4) is 0 Å². The van der Waals surface area contributed by atoms with Gasteiger partial charge in [0, 0.05) is 34.8 Å². The first-order valence-corrected chi connectivity index (χ1v) is 8.50. The molecule has 0 amide bonds. The lowest BCUT2D eigenvalue weighted by molar-refractivity contribution is 0.424. The number of hydrogen-bond acceptors (Lipinski definition) is 2. The van der Waals surface area contributed by atoms with Gasteiger partial charge in [-0.2, -0.15) is 0 Å². The monoisotopic (exact) mass is 338 g/mol. The molecule has 2 nitrogen and oxygen atoms in total. The molecule has 0 bridgehead atoms. The SMILES string of the molecule is CCCN(c1cc(Br)ccc1CNC(C)(C)C)C1CC1. The number of benzene rings is 1. The normalized spacial score (nSPS) is 15.4. The number of halogens is 1. The summed E-state index contributed by atoms with van der Waals surface area (Å²) in [6.45, 7) is 11.0. The minimum atomic E-state index is 0.152. The summed E-state index contributed by atoms with van der Waals surface area (Å²) in [5, 5.41) is 3.61. The molecule has 0 unspecified atom stereocenters. The molecule has 1 aliphatic carbocycles. The third-order valence-electron chi connectivity index (χ3n) is 3.62. The molecule has 0 aliphatic heterocycles. The van der Waals surface area contributed by atoms with Gasteiger partial charge in [0.2, 0.25) is 0 Å². The molecule has 1 aliphatic rings. The van der Waals surface area contributed by atoms with Gasteiger partial charge >= 0.3 is 0 Å². The summed E-state index contributed by atoms with van der Waals surface area (Å²) in [6.07, 6.45) is 3.90. The van der Waals surface area contributed by atoms with Gasteiger partial charge in [0.1, 0.15) is 0 Å². The Morgan fingerprint density at radius 1 is 1.30 bits per heavy atom. The average Bonchev–Trinajstić information content (AvgIpc) is 3.17. The smallest absolute Gasteiger partial charge is 0.0425 e. The zero-order valence-corrected chi connectivity index (χ0v) is 14.8. The van der Waals surface area contributed by atoms with Gasteiger partial charge in [-0.3, -0.25) is 0 Å². The fourth-order valence-electron chi connectivity index (χ4n) is 2.44. The van der Waals surface area contributed by atoms with Crippen molar-refractivity contribution in [2.24, 2.45) is 0 Å². The standard InChI is InChI=1S/C17H27BrN2/c1-5-10-20(15-8-9-15)16-11-14(18)7-6-13(16)12-19-17(2,3)4/h6-7,11,15,19H,5,8-10,12H2,1-4H3. The van der Waals surface area contributed by atoms with Crippen molar-refractivity contribution in [2.75, 3.05) is 11.4 Å². The topological polar surface area (TPSA) is 15.3 Å². The van der Waals surface area contributed by atoms with E-state index in [-0.39, 0.29) is 5.54 Å². The van der Waals surface area contributed by atoms with E-state index in [9.17, 15) is 0 Å². The quantitative estimate of drug-likeness (QED) is 0.807. The molecule has 1 N–H and O–H groups in total. The first-order valence-electron chi connectivity index (χ1n) is 7.71. The molecule has 1 fully saturated rings. The first kappa shape index (κ1) is 15.8. The molecule has 1 aromatic rings. The molecule has 2 rings (SSSR count). The Kier molecular flexibility index (Phi) is 5.14. The van der Waals surface area contributed by atoms with Crippen molar-refractivity contribution in [3.63, 3.8) is 0 Å². The lowest BCUT2D eigenvalue weighted by Gasteiger charge is -2.29. The van der Waals surface area contributed by atoms with E-state index >= 15 is 0 Å². The molecular formula is C17H27BrN2. The fraction of sp³-hybridized carbons (Fsp3) is 0.647. The number of nitrogens with zero attached hydrogens (tertiary/aromatic N) is 1. The Morgan fingerprint density at radius 3 is 2.55 bits per heavy atom. The van der Waals surface area contributed by atoms with E-state index in [2.05, 4.69) is 72.0 Å². The van der Waals surface area contributed by atoms with Gasteiger partial charge in [0.15, 0.2) is 0 Å². The van der Waals surface area contributed by atoms with Crippen LogP contribution in [0.2, 0.25) is 0 Å². The van der Waals surface area contributed by atoms with Crippen LogP contribution in [0.5, 0.6) is 0 Å². The van der Waals surface area contributed by atoms with E-state index in [0.29, 0.717) is 0 Å². The Balaban J connectivity index is 2.22. The van der Waals surface area contributed by atoms with Gasteiger partial charge in [0.05, 0.1) is 0 Å². The molecule has 0 spiro atoms. The summed E-state index contributed by atoms with van der Waals surface area (Å²) in [5.74, 6) is 0. The van der Waals surface area contributed by atoms with Crippen molar-refractivity contribution in [2.45, 2.75) is 65.1 Å². The van der Waals surface area contributed by atoms with Crippen LogP contribution in [-0.2, 0) is 6.54 Å². The van der Waals surface area contributed by atoms with Gasteiger partial charge in [-0.25, -0.2) is 0 Å². The molecule has 0 aromatic heterocycles. The Labute approximate surface area is 132 Å². The zero-order valence-electron chi connectivity index (χ0n) is 13.2. The van der Waals surface area contributed by atoms with Gasteiger partial charge in [0.25, 0.3) is 0 Å². The fourth-order valence-corrected chi connectivity index (χ4v) is 2.79. The van der Waals surface area contributed by atoms with Crippen molar-refractivity contribution in [3.8, 4) is 0 Å². The van der Waals surface area contributed by atoms with Crippen LogP contribution >= 0.6 is 15.9 Å². The van der Waals surface area contributed by atoms with Gasteiger partial charge in [-0.05, 0) is 57.7 Å². The summed E-state index contributed by atoms with van der Waals surface area (Å²) in [7, 11) is 0. The molecule has 0 saturated heterocycles. The second-order valence-electron chi connectivity index (χ2n) is 6.80. The van der Waals surface area contributed by atoms with E-state index in [0.717, 1.165) is 19.1 Å². The third-order valence-corrected chi connectivity index (χ3v) is 4.11. The van der Waals surface area contributed by atoms with Crippen LogP contribution in [0.1, 0.15) is 52.5 Å². The maximum atomic E-state index is 3.63. The highest BCUT2D eigenvalue weighted by atomic mass is 79.9. The van der Waals surface area contributed by atoms with Crippen LogP contribution in [0.4, 0.5) is 5.69 Å². The maximum absolute atomic E-state index is 3.63. The van der Waals surface area contributed by atoms with Crippen LogP contribution in [0.25, 0.3) is 0 Å². The highest BCUT2D eigenvalue weighted by molar-refractivity contribution is 9.10. The van der Waals surface area contributed by atoms with E-state index < -0.39 is 0 Å². The highest BCUT2D eigenvalue weighted by Gasteiger charge is 2.30. The van der Waals surface area contributed by atoms with Gasteiger partial charge in [-0.15, -0.1) is 0 Å². The zero-order chi connectivity index (χ0) is 14.8. The first-order chi connectivity index (χ1) is 9.40. The van der Waals surface area contributed by atoms with Crippen molar-refractivity contribution in [1.82, 2.24) is 5.32 Å². The number of anilines is 1. The molecule has 0 heterocycles. The Hall–Kier alpha value is -0.540. The van der Waals surface area contributed by atoms with Gasteiger partial charge < -0.3 is 10.2 Å². The van der Waals surface area contributed by atoms with Crippen molar-refractivity contribution >= 4 is 21.6 Å². The molecular weight excluding hydrogens is 312 g/mol. The summed E-state index contributed by atoms with van der Waals surface area (Å²) in [6, 6.07) is 7.45. The minimum absolute atomic E-state index is 0.152. The Morgan fingerprint density at radius 2 is 2.00 bits per heavy atom.